The number of hydrogen-bond donors (Lipinski definition) is 2. The van der Waals surface area contributed by atoms with E-state index < -0.39 is 5.91 Å². The van der Waals surface area contributed by atoms with E-state index in [1.165, 1.54) is 0 Å². The highest BCUT2D eigenvalue weighted by Gasteiger charge is 2.28. The number of nitrogens with zero attached hydrogens (tertiary/aromatic N) is 4. The highest BCUT2D eigenvalue weighted by Crippen LogP contribution is 2.38. The average molecular weight is 382 g/mol. The fourth-order valence-corrected chi connectivity index (χ4v) is 3.59. The molecule has 0 radical (unpaired) electrons. The molecule has 9 nitrogen and oxygen atoms in total. The predicted molar refractivity (Wildman–Crippen MR) is 104 cm³/mol. The molecule has 1 aromatic carbocycles. The third-order valence-electron chi connectivity index (χ3n) is 4.96. The first-order valence-corrected chi connectivity index (χ1v) is 9.27. The highest BCUT2D eigenvalue weighted by molar-refractivity contribution is 6.04. The lowest BCUT2D eigenvalue weighted by molar-refractivity contribution is 0.0995. The summed E-state index contributed by atoms with van der Waals surface area (Å²) < 4.78 is 9.46. The Balaban J connectivity index is 1.82. The molecule has 0 bridgehead atoms. The van der Waals surface area contributed by atoms with Crippen molar-refractivity contribution in [2.45, 2.75) is 39.8 Å². The minimum Gasteiger partial charge on any atom is -0.489 e. The second kappa shape index (κ2) is 6.66. The first-order chi connectivity index (χ1) is 13.4. The number of rotatable bonds is 5. The second-order valence-corrected chi connectivity index (χ2v) is 6.83. The van der Waals surface area contributed by atoms with Gasteiger partial charge in [0.15, 0.2) is 0 Å². The van der Waals surface area contributed by atoms with Crippen LogP contribution in [-0.4, -0.2) is 37.8 Å². The Morgan fingerprint density at radius 3 is 2.79 bits per heavy atom. The molecule has 2 amide bonds. The number of benzene rings is 1. The third kappa shape index (κ3) is 2.79. The Morgan fingerprint density at radius 1 is 1.32 bits per heavy atom. The minimum atomic E-state index is -0.554. The van der Waals surface area contributed by atoms with Gasteiger partial charge in [-0.05, 0) is 38.5 Å². The summed E-state index contributed by atoms with van der Waals surface area (Å²) in [5, 5.41) is 7.23. The molecule has 1 aliphatic rings. The van der Waals surface area contributed by atoms with Gasteiger partial charge in [0.1, 0.15) is 23.6 Å². The summed E-state index contributed by atoms with van der Waals surface area (Å²) in [6, 6.07) is 5.00. The number of aryl methyl sites for hydroxylation is 2. The van der Waals surface area contributed by atoms with Crippen molar-refractivity contribution in [3.63, 3.8) is 0 Å². The molecule has 0 saturated carbocycles. The fraction of sp³-hybridized carbons (Fsp3) is 0.368. The molecule has 0 fully saturated rings. The smallest absolute Gasteiger partial charge is 0.276 e. The maximum absolute atomic E-state index is 12.9. The first-order valence-electron chi connectivity index (χ1n) is 9.27. The van der Waals surface area contributed by atoms with Crippen LogP contribution >= 0.6 is 0 Å². The van der Waals surface area contributed by atoms with E-state index in [0.29, 0.717) is 41.6 Å². The number of carbonyl (C=O) groups excluding carboxylic acids is 2. The number of nitrogens with two attached hydrogens (primary N) is 1. The van der Waals surface area contributed by atoms with Gasteiger partial charge in [-0.2, -0.15) is 5.10 Å². The molecule has 3 heterocycles. The minimum absolute atomic E-state index is 0.0186. The predicted octanol–water partition coefficient (Wildman–Crippen LogP) is 2.26. The maximum Gasteiger partial charge on any atom is 0.276 e. The van der Waals surface area contributed by atoms with Crippen molar-refractivity contribution in [2.75, 3.05) is 11.9 Å². The number of carbonyl (C=O) groups is 2. The summed E-state index contributed by atoms with van der Waals surface area (Å²) in [5.74, 6) is 0.117. The van der Waals surface area contributed by atoms with Crippen molar-refractivity contribution in [1.82, 2.24) is 19.3 Å². The van der Waals surface area contributed by atoms with Gasteiger partial charge in [0.05, 0.1) is 17.3 Å². The van der Waals surface area contributed by atoms with Gasteiger partial charge in [0.25, 0.3) is 5.91 Å². The molecule has 1 unspecified atom stereocenters. The molecule has 28 heavy (non-hydrogen) atoms. The molecule has 3 N–H and O–H groups in total. The normalized spacial score (nSPS) is 15.5. The Morgan fingerprint density at radius 2 is 2.11 bits per heavy atom. The number of anilines is 1. The number of hydrogen-bond acceptors (Lipinski definition) is 5. The van der Waals surface area contributed by atoms with E-state index in [1.54, 1.807) is 22.9 Å². The number of primary amides is 1. The molecule has 0 spiro atoms. The lowest BCUT2D eigenvalue weighted by Crippen LogP contribution is -2.25. The lowest BCUT2D eigenvalue weighted by Gasteiger charge is -2.26. The summed E-state index contributed by atoms with van der Waals surface area (Å²) in [4.78, 5) is 29.1. The summed E-state index contributed by atoms with van der Waals surface area (Å²) in [6.45, 7) is 6.83. The van der Waals surface area contributed by atoms with Crippen molar-refractivity contribution in [3.8, 4) is 5.75 Å². The molecular weight excluding hydrogens is 360 g/mol. The molecule has 146 valence electrons. The van der Waals surface area contributed by atoms with Crippen LogP contribution in [0.3, 0.4) is 0 Å². The monoisotopic (exact) mass is 382 g/mol. The number of aromatic nitrogens is 4. The maximum atomic E-state index is 12.9. The van der Waals surface area contributed by atoms with Crippen LogP contribution in [0.25, 0.3) is 11.0 Å². The molecule has 1 atom stereocenters. The van der Waals surface area contributed by atoms with E-state index in [2.05, 4.69) is 15.4 Å². The molecule has 1 aliphatic heterocycles. The number of amides is 2. The Kier molecular flexibility index (Phi) is 4.29. The molecule has 0 saturated heterocycles. The highest BCUT2D eigenvalue weighted by atomic mass is 16.5. The van der Waals surface area contributed by atoms with Crippen LogP contribution in [0.2, 0.25) is 0 Å². The standard InChI is InChI=1S/C19H22N6O3/c1-4-12-9-28-15-8-11(17(20)26)7-13-16(15)25(12)19(21-13)22-18(27)14-6-10(3)23-24(14)5-2/h6-8,12H,4-5,9H2,1-3H3,(H2,20,26)(H,21,22,27). The molecule has 0 aliphatic carbocycles. The van der Waals surface area contributed by atoms with Gasteiger partial charge in [0, 0.05) is 12.1 Å². The molecule has 2 aromatic heterocycles. The lowest BCUT2D eigenvalue weighted by atomic mass is 10.1. The van der Waals surface area contributed by atoms with Crippen LogP contribution in [0.1, 0.15) is 52.9 Å². The quantitative estimate of drug-likeness (QED) is 0.702. The van der Waals surface area contributed by atoms with E-state index in [0.717, 1.165) is 17.6 Å². The van der Waals surface area contributed by atoms with Gasteiger partial charge in [-0.15, -0.1) is 0 Å². The Hall–Kier alpha value is -3.36. The summed E-state index contributed by atoms with van der Waals surface area (Å²) in [7, 11) is 0. The number of imidazole rings is 1. The topological polar surface area (TPSA) is 117 Å². The molecule has 4 rings (SSSR count). The largest absolute Gasteiger partial charge is 0.489 e. The van der Waals surface area contributed by atoms with Crippen molar-refractivity contribution in [1.29, 1.82) is 0 Å². The van der Waals surface area contributed by atoms with Gasteiger partial charge >= 0.3 is 0 Å². The third-order valence-corrected chi connectivity index (χ3v) is 4.96. The SMILES string of the molecule is CCC1COc2cc(C(N)=O)cc3nc(NC(=O)c4cc(C)nn4CC)n1c23. The summed E-state index contributed by atoms with van der Waals surface area (Å²) in [6.07, 6.45) is 0.803. The zero-order chi connectivity index (χ0) is 20.0. The number of ether oxygens (including phenoxy) is 1. The molecule has 9 heteroatoms. The average Bonchev–Trinajstić information content (AvgIpc) is 3.23. The van der Waals surface area contributed by atoms with Crippen molar-refractivity contribution in [2.24, 2.45) is 5.73 Å². The van der Waals surface area contributed by atoms with E-state index in [1.807, 2.05) is 25.3 Å². The number of nitrogens with one attached hydrogen (secondary N) is 1. The molecular formula is C19H22N6O3. The van der Waals surface area contributed by atoms with Gasteiger partial charge in [-0.1, -0.05) is 6.92 Å². The van der Waals surface area contributed by atoms with E-state index in [4.69, 9.17) is 10.5 Å². The summed E-state index contributed by atoms with van der Waals surface area (Å²) >= 11 is 0. The first kappa shape index (κ1) is 18.0. The van der Waals surface area contributed by atoms with Gasteiger partial charge < -0.3 is 15.0 Å². The van der Waals surface area contributed by atoms with Crippen molar-refractivity contribution >= 4 is 28.8 Å². The van der Waals surface area contributed by atoms with Crippen LogP contribution in [0, 0.1) is 6.92 Å². The zero-order valence-electron chi connectivity index (χ0n) is 16.0. The summed E-state index contributed by atoms with van der Waals surface area (Å²) in [5.41, 5.74) is 8.29. The second-order valence-electron chi connectivity index (χ2n) is 6.83. The van der Waals surface area contributed by atoms with E-state index >= 15 is 0 Å². The van der Waals surface area contributed by atoms with E-state index in [-0.39, 0.29) is 11.9 Å². The van der Waals surface area contributed by atoms with Gasteiger partial charge in [0.2, 0.25) is 11.9 Å². The Labute approximate surface area is 161 Å². The van der Waals surface area contributed by atoms with Crippen LogP contribution in [0.5, 0.6) is 5.75 Å². The van der Waals surface area contributed by atoms with E-state index in [9.17, 15) is 9.59 Å². The Bertz CT molecular complexity index is 1100. The van der Waals surface area contributed by atoms with Crippen LogP contribution in [0.4, 0.5) is 5.95 Å². The van der Waals surface area contributed by atoms with Crippen molar-refractivity contribution < 1.29 is 14.3 Å². The van der Waals surface area contributed by atoms with Gasteiger partial charge in [-0.25, -0.2) is 4.98 Å². The van der Waals surface area contributed by atoms with Crippen LogP contribution in [0.15, 0.2) is 18.2 Å². The fourth-order valence-electron chi connectivity index (χ4n) is 3.59. The van der Waals surface area contributed by atoms with Crippen molar-refractivity contribution in [3.05, 3.63) is 35.2 Å². The molecule has 3 aromatic rings. The van der Waals surface area contributed by atoms with Crippen LogP contribution in [-0.2, 0) is 6.54 Å². The zero-order valence-corrected chi connectivity index (χ0v) is 16.0. The van der Waals surface area contributed by atoms with Gasteiger partial charge in [-0.3, -0.25) is 19.6 Å². The van der Waals surface area contributed by atoms with Crippen LogP contribution < -0.4 is 15.8 Å².